The van der Waals surface area contributed by atoms with Gasteiger partial charge in [-0.2, -0.15) is 5.10 Å². The molecule has 0 saturated carbocycles. The monoisotopic (exact) mass is 303 g/mol. The van der Waals surface area contributed by atoms with E-state index in [1.165, 1.54) is 11.9 Å². The predicted molar refractivity (Wildman–Crippen MR) is 88.4 cm³/mol. The van der Waals surface area contributed by atoms with Gasteiger partial charge in [-0.1, -0.05) is 12.1 Å². The molecule has 2 aromatic rings. The minimum absolute atomic E-state index is 0.202. The molecule has 1 heterocycles. The topological polar surface area (TPSA) is 46.0 Å². The molecule has 0 saturated heterocycles. The molecule has 0 radical (unpaired) electrons. The second-order valence-electron chi connectivity index (χ2n) is 5.32. The van der Waals surface area contributed by atoms with Crippen LogP contribution in [0.5, 0.6) is 0 Å². The van der Waals surface area contributed by atoms with Gasteiger partial charge in [-0.3, -0.25) is 0 Å². The molecule has 0 aliphatic heterocycles. The number of thiocarbonyl (C=S) groups is 1. The van der Waals surface area contributed by atoms with Gasteiger partial charge in [0.15, 0.2) is 5.11 Å². The molecule has 0 amide bonds. The fourth-order valence-electron chi connectivity index (χ4n) is 2.00. The van der Waals surface area contributed by atoms with Crippen molar-refractivity contribution in [1.29, 1.82) is 0 Å². The SMILES string of the molecule is CC(C)NC(=S)N(C)[C@@H](C)c1ccc(-n2cncn2)cc1. The Morgan fingerprint density at radius 1 is 1.24 bits per heavy atom. The summed E-state index contributed by atoms with van der Waals surface area (Å²) in [5.74, 6) is 0. The van der Waals surface area contributed by atoms with Crippen LogP contribution in [-0.4, -0.2) is 37.9 Å². The van der Waals surface area contributed by atoms with Crippen LogP contribution in [0.2, 0.25) is 0 Å². The highest BCUT2D eigenvalue weighted by Gasteiger charge is 2.15. The van der Waals surface area contributed by atoms with Crippen LogP contribution in [-0.2, 0) is 0 Å². The fraction of sp³-hybridized carbons (Fsp3) is 0.400. The molecule has 6 heteroatoms. The molecule has 0 aliphatic carbocycles. The van der Waals surface area contributed by atoms with E-state index in [2.05, 4.69) is 53.2 Å². The van der Waals surface area contributed by atoms with Crippen molar-refractivity contribution in [3.8, 4) is 5.69 Å². The van der Waals surface area contributed by atoms with E-state index in [-0.39, 0.29) is 6.04 Å². The van der Waals surface area contributed by atoms with Crippen molar-refractivity contribution in [3.63, 3.8) is 0 Å². The maximum Gasteiger partial charge on any atom is 0.169 e. The molecule has 0 fully saturated rings. The van der Waals surface area contributed by atoms with Crippen molar-refractivity contribution in [2.24, 2.45) is 0 Å². The number of benzene rings is 1. The van der Waals surface area contributed by atoms with Crippen molar-refractivity contribution in [2.75, 3.05) is 7.05 Å². The van der Waals surface area contributed by atoms with Crippen LogP contribution >= 0.6 is 12.2 Å². The lowest BCUT2D eigenvalue weighted by Gasteiger charge is -2.29. The average molecular weight is 303 g/mol. The summed E-state index contributed by atoms with van der Waals surface area (Å²) in [6.45, 7) is 6.30. The zero-order valence-corrected chi connectivity index (χ0v) is 13.6. The maximum atomic E-state index is 5.41. The third kappa shape index (κ3) is 3.78. The van der Waals surface area contributed by atoms with Gasteiger partial charge < -0.3 is 10.2 Å². The summed E-state index contributed by atoms with van der Waals surface area (Å²) >= 11 is 5.41. The lowest BCUT2D eigenvalue weighted by atomic mass is 10.1. The van der Waals surface area contributed by atoms with Crippen molar-refractivity contribution < 1.29 is 0 Å². The van der Waals surface area contributed by atoms with Crippen LogP contribution in [0.25, 0.3) is 5.69 Å². The van der Waals surface area contributed by atoms with Gasteiger partial charge >= 0.3 is 0 Å². The first-order chi connectivity index (χ1) is 9.99. The molecule has 0 aliphatic rings. The van der Waals surface area contributed by atoms with E-state index in [0.29, 0.717) is 6.04 Å². The normalized spacial score (nSPS) is 12.2. The first kappa shape index (κ1) is 15.4. The standard InChI is InChI=1S/C15H21N5S/c1-11(2)18-15(21)19(4)12(3)13-5-7-14(8-6-13)20-10-16-9-17-20/h5-12H,1-4H3,(H,18,21)/t12-/m0/s1. The summed E-state index contributed by atoms with van der Waals surface area (Å²) in [5.41, 5.74) is 2.20. The molecule has 2 rings (SSSR count). The molecule has 5 nitrogen and oxygen atoms in total. The van der Waals surface area contributed by atoms with Crippen LogP contribution < -0.4 is 5.32 Å². The number of hydrogen-bond donors (Lipinski definition) is 1. The minimum Gasteiger partial charge on any atom is -0.360 e. The zero-order chi connectivity index (χ0) is 15.4. The summed E-state index contributed by atoms with van der Waals surface area (Å²) in [7, 11) is 2.01. The predicted octanol–water partition coefficient (Wildman–Crippen LogP) is 2.54. The molecule has 1 atom stereocenters. The van der Waals surface area contributed by atoms with Crippen LogP contribution in [0.3, 0.4) is 0 Å². The first-order valence-corrected chi connectivity index (χ1v) is 7.38. The van der Waals surface area contributed by atoms with Gasteiger partial charge in [0.2, 0.25) is 0 Å². The Balaban J connectivity index is 2.09. The molecule has 0 spiro atoms. The van der Waals surface area contributed by atoms with Gasteiger partial charge in [0, 0.05) is 13.1 Å². The highest BCUT2D eigenvalue weighted by Crippen LogP contribution is 2.20. The number of rotatable bonds is 4. The summed E-state index contributed by atoms with van der Waals surface area (Å²) in [5, 5.41) is 8.15. The van der Waals surface area contributed by atoms with E-state index in [9.17, 15) is 0 Å². The Labute approximate surface area is 131 Å². The van der Waals surface area contributed by atoms with Crippen LogP contribution in [0, 0.1) is 0 Å². The lowest BCUT2D eigenvalue weighted by Crippen LogP contribution is -2.41. The summed E-state index contributed by atoms with van der Waals surface area (Å²) in [6, 6.07) is 8.79. The van der Waals surface area contributed by atoms with E-state index in [1.807, 2.05) is 19.2 Å². The van der Waals surface area contributed by atoms with Gasteiger partial charge in [0.05, 0.1) is 11.7 Å². The highest BCUT2D eigenvalue weighted by molar-refractivity contribution is 7.80. The van der Waals surface area contributed by atoms with Crippen molar-refractivity contribution in [1.82, 2.24) is 25.0 Å². The van der Waals surface area contributed by atoms with E-state index >= 15 is 0 Å². The van der Waals surface area contributed by atoms with Gasteiger partial charge in [0.25, 0.3) is 0 Å². The Morgan fingerprint density at radius 3 is 2.43 bits per heavy atom. The van der Waals surface area contributed by atoms with E-state index in [4.69, 9.17) is 12.2 Å². The second kappa shape index (κ2) is 6.67. The van der Waals surface area contributed by atoms with Gasteiger partial charge in [-0.05, 0) is 50.7 Å². The van der Waals surface area contributed by atoms with Crippen LogP contribution in [0.1, 0.15) is 32.4 Å². The molecule has 0 bridgehead atoms. The Hall–Kier alpha value is -1.95. The van der Waals surface area contributed by atoms with E-state index in [1.54, 1.807) is 11.0 Å². The molecule has 21 heavy (non-hydrogen) atoms. The quantitative estimate of drug-likeness (QED) is 0.880. The molecule has 1 aromatic heterocycles. The molecule has 1 N–H and O–H groups in total. The number of hydrogen-bond acceptors (Lipinski definition) is 3. The Bertz CT molecular complexity index is 577. The second-order valence-corrected chi connectivity index (χ2v) is 5.71. The maximum absolute atomic E-state index is 5.41. The summed E-state index contributed by atoms with van der Waals surface area (Å²) in [6.07, 6.45) is 3.21. The van der Waals surface area contributed by atoms with Crippen molar-refractivity contribution in [2.45, 2.75) is 32.9 Å². The molecular weight excluding hydrogens is 282 g/mol. The smallest absolute Gasteiger partial charge is 0.169 e. The minimum atomic E-state index is 0.202. The number of aromatic nitrogens is 3. The van der Waals surface area contributed by atoms with Crippen LogP contribution in [0.4, 0.5) is 0 Å². The summed E-state index contributed by atoms with van der Waals surface area (Å²) < 4.78 is 1.74. The van der Waals surface area contributed by atoms with Crippen molar-refractivity contribution in [3.05, 3.63) is 42.5 Å². The lowest BCUT2D eigenvalue weighted by molar-refractivity contribution is 0.392. The highest BCUT2D eigenvalue weighted by atomic mass is 32.1. The summed E-state index contributed by atoms with van der Waals surface area (Å²) in [4.78, 5) is 6.02. The van der Waals surface area contributed by atoms with E-state index < -0.39 is 0 Å². The third-order valence-corrected chi connectivity index (χ3v) is 3.78. The molecular formula is C15H21N5S. The largest absolute Gasteiger partial charge is 0.360 e. The molecule has 0 unspecified atom stereocenters. The molecule has 1 aromatic carbocycles. The van der Waals surface area contributed by atoms with Gasteiger partial charge in [-0.15, -0.1) is 0 Å². The first-order valence-electron chi connectivity index (χ1n) is 6.97. The number of nitrogens with zero attached hydrogens (tertiary/aromatic N) is 4. The Morgan fingerprint density at radius 2 is 1.90 bits per heavy atom. The Kier molecular flexibility index (Phi) is 4.90. The van der Waals surface area contributed by atoms with Crippen molar-refractivity contribution >= 4 is 17.3 Å². The van der Waals surface area contributed by atoms with Gasteiger partial charge in [0.1, 0.15) is 12.7 Å². The average Bonchev–Trinajstić information content (AvgIpc) is 2.99. The van der Waals surface area contributed by atoms with Gasteiger partial charge in [-0.25, -0.2) is 9.67 Å². The van der Waals surface area contributed by atoms with Crippen LogP contribution in [0.15, 0.2) is 36.9 Å². The fourth-order valence-corrected chi connectivity index (χ4v) is 2.39. The van der Waals surface area contributed by atoms with E-state index in [0.717, 1.165) is 10.8 Å². The third-order valence-electron chi connectivity index (χ3n) is 3.37. The number of nitrogens with one attached hydrogen (secondary N) is 1. The molecule has 112 valence electrons. The zero-order valence-electron chi connectivity index (χ0n) is 12.8.